The van der Waals surface area contributed by atoms with Crippen LogP contribution in [0.25, 0.3) is 22.3 Å². The molecule has 1 saturated carbocycles. The monoisotopic (exact) mass is 488 g/mol. The van der Waals surface area contributed by atoms with E-state index in [0.717, 1.165) is 29.6 Å². The fourth-order valence-electron chi connectivity index (χ4n) is 4.73. The van der Waals surface area contributed by atoms with Crippen molar-refractivity contribution in [3.8, 4) is 17.1 Å². The molecule has 0 unspecified atom stereocenters. The molecule has 10 heteroatoms. The molecular weight excluding hydrogens is 456 g/mol. The lowest BCUT2D eigenvalue weighted by Gasteiger charge is -2.40. The van der Waals surface area contributed by atoms with Gasteiger partial charge in [-0.2, -0.15) is 10.1 Å². The van der Waals surface area contributed by atoms with Crippen LogP contribution in [0.15, 0.2) is 41.5 Å². The number of H-pyrrole nitrogens is 1. The number of carbonyl (C=O) groups is 1. The fraction of sp³-hybridized carbons (Fsp3) is 0.385. The third kappa shape index (κ3) is 4.39. The average molecular weight is 489 g/mol. The average Bonchev–Trinajstić information content (AvgIpc) is 3.33. The van der Waals surface area contributed by atoms with Crippen molar-refractivity contribution in [1.82, 2.24) is 29.2 Å². The van der Waals surface area contributed by atoms with Gasteiger partial charge in [-0.25, -0.2) is 4.68 Å². The van der Waals surface area contributed by atoms with Gasteiger partial charge >= 0.3 is 0 Å². The Kier molecular flexibility index (Phi) is 6.13. The lowest BCUT2D eigenvalue weighted by molar-refractivity contribution is 0.0996. The van der Waals surface area contributed by atoms with E-state index < -0.39 is 0 Å². The van der Waals surface area contributed by atoms with Crippen LogP contribution in [0.3, 0.4) is 0 Å². The van der Waals surface area contributed by atoms with Crippen LogP contribution < -0.4 is 10.9 Å². The minimum absolute atomic E-state index is 0.00794. The molecule has 0 aliphatic heterocycles. The molecule has 0 spiro atoms. The summed E-state index contributed by atoms with van der Waals surface area (Å²) in [6.45, 7) is 4.50. The Morgan fingerprint density at radius 1 is 1.28 bits per heavy atom. The van der Waals surface area contributed by atoms with Crippen molar-refractivity contribution >= 4 is 22.6 Å². The van der Waals surface area contributed by atoms with Gasteiger partial charge in [-0.1, -0.05) is 0 Å². The molecule has 36 heavy (non-hydrogen) atoms. The minimum Gasteiger partial charge on any atom is -0.493 e. The molecule has 1 aromatic carbocycles. The number of nitrogens with one attached hydrogen (secondary N) is 2. The minimum atomic E-state index is -0.388. The number of aromatic hydroxyl groups is 1. The van der Waals surface area contributed by atoms with E-state index in [-0.39, 0.29) is 11.8 Å². The summed E-state index contributed by atoms with van der Waals surface area (Å²) >= 11 is 0. The first-order valence-electron chi connectivity index (χ1n) is 12.2. The number of fused-ring (bicyclic) bond motifs is 1. The zero-order chi connectivity index (χ0) is 25.6. The molecular formula is C26H32N8O2. The SMILES string of the molecule is CCn1/c(=N/C(=O)c2cc(C)nc(-c3cnn(C)c3O)c2)[nH]c2ccc(N[C@H]3C[C@H](N(C)C)C3)cc21. The van der Waals surface area contributed by atoms with Crippen molar-refractivity contribution in [3.63, 3.8) is 0 Å². The van der Waals surface area contributed by atoms with Crippen molar-refractivity contribution in [2.75, 3.05) is 19.4 Å². The molecule has 1 aliphatic rings. The number of anilines is 1. The Bertz CT molecular complexity index is 1500. The second-order valence-electron chi connectivity index (χ2n) is 9.66. The molecule has 1 fully saturated rings. The highest BCUT2D eigenvalue weighted by Crippen LogP contribution is 2.29. The topological polar surface area (TPSA) is 116 Å². The van der Waals surface area contributed by atoms with E-state index in [2.05, 4.69) is 56.5 Å². The molecule has 1 amide bonds. The van der Waals surface area contributed by atoms with Crippen LogP contribution in [0.2, 0.25) is 0 Å². The molecule has 3 aromatic heterocycles. The number of hydrogen-bond acceptors (Lipinski definition) is 6. The van der Waals surface area contributed by atoms with Crippen LogP contribution in [-0.4, -0.2) is 66.4 Å². The number of rotatable bonds is 6. The number of pyridine rings is 1. The van der Waals surface area contributed by atoms with E-state index >= 15 is 0 Å². The van der Waals surface area contributed by atoms with Crippen molar-refractivity contribution in [2.45, 2.75) is 45.3 Å². The Morgan fingerprint density at radius 2 is 2.06 bits per heavy atom. The first-order chi connectivity index (χ1) is 17.2. The van der Waals surface area contributed by atoms with Crippen molar-refractivity contribution in [3.05, 3.63) is 53.4 Å². The maximum Gasteiger partial charge on any atom is 0.280 e. The number of hydrogen-bond donors (Lipinski definition) is 3. The summed E-state index contributed by atoms with van der Waals surface area (Å²) in [4.78, 5) is 27.7. The number of aromatic amines is 1. The number of nitrogens with zero attached hydrogens (tertiary/aromatic N) is 6. The van der Waals surface area contributed by atoms with Gasteiger partial charge < -0.3 is 24.9 Å². The predicted octanol–water partition coefficient (Wildman–Crippen LogP) is 3.04. The van der Waals surface area contributed by atoms with Gasteiger partial charge in [-0.05, 0) is 71.1 Å². The third-order valence-electron chi connectivity index (χ3n) is 6.91. The molecule has 1 aliphatic carbocycles. The van der Waals surface area contributed by atoms with E-state index in [9.17, 15) is 9.90 Å². The normalized spacial score (nSPS) is 18.1. The highest BCUT2D eigenvalue weighted by atomic mass is 16.3. The second-order valence-corrected chi connectivity index (χ2v) is 9.66. The van der Waals surface area contributed by atoms with E-state index in [0.29, 0.717) is 46.8 Å². The van der Waals surface area contributed by atoms with Gasteiger partial charge in [0.1, 0.15) is 0 Å². The first-order valence-corrected chi connectivity index (χ1v) is 12.2. The molecule has 5 rings (SSSR count). The Morgan fingerprint density at radius 3 is 2.72 bits per heavy atom. The van der Waals surface area contributed by atoms with Crippen LogP contribution in [0.1, 0.15) is 35.8 Å². The molecule has 10 nitrogen and oxygen atoms in total. The van der Waals surface area contributed by atoms with Crippen molar-refractivity contribution < 1.29 is 9.90 Å². The standard InChI is InChI=1S/C26H32N8O2/c1-6-34-23-13-17(29-18-11-19(12-18)32(3)4)7-8-21(23)30-26(34)31-24(35)16-9-15(2)28-22(10-16)20-14-27-33(5)25(20)36/h7-10,13-14,18-19,29,36H,6,11-12H2,1-5H3,(H,30,31,35)/t18-,19-. The highest BCUT2D eigenvalue weighted by molar-refractivity contribution is 5.96. The van der Waals surface area contributed by atoms with Crippen LogP contribution in [0, 0.1) is 6.92 Å². The summed E-state index contributed by atoms with van der Waals surface area (Å²) in [6.07, 6.45) is 3.79. The molecule has 3 N–H and O–H groups in total. The summed E-state index contributed by atoms with van der Waals surface area (Å²) in [7, 11) is 5.89. The van der Waals surface area contributed by atoms with Crippen LogP contribution >= 0.6 is 0 Å². The summed E-state index contributed by atoms with van der Waals surface area (Å²) in [5, 5.41) is 18.0. The Balaban J connectivity index is 1.45. The van der Waals surface area contributed by atoms with Crippen molar-refractivity contribution in [1.29, 1.82) is 0 Å². The van der Waals surface area contributed by atoms with Gasteiger partial charge in [0.2, 0.25) is 11.5 Å². The van der Waals surface area contributed by atoms with Crippen LogP contribution in [0.5, 0.6) is 5.88 Å². The largest absolute Gasteiger partial charge is 0.493 e. The number of imidazole rings is 1. The first kappa shape index (κ1) is 23.8. The van der Waals surface area contributed by atoms with E-state index in [1.165, 1.54) is 10.9 Å². The van der Waals surface area contributed by atoms with Gasteiger partial charge in [-0.15, -0.1) is 0 Å². The van der Waals surface area contributed by atoms with E-state index in [1.807, 2.05) is 17.6 Å². The Labute approximate surface area is 209 Å². The lowest BCUT2D eigenvalue weighted by atomic mass is 9.86. The van der Waals surface area contributed by atoms with Gasteiger partial charge in [-0.3, -0.25) is 9.78 Å². The fourth-order valence-corrected chi connectivity index (χ4v) is 4.73. The Hall–Kier alpha value is -3.92. The van der Waals surface area contributed by atoms with Crippen molar-refractivity contribution in [2.24, 2.45) is 12.0 Å². The summed E-state index contributed by atoms with van der Waals surface area (Å²) in [5.74, 6) is -0.396. The summed E-state index contributed by atoms with van der Waals surface area (Å²) in [5.41, 5.74) is 5.45. The maximum atomic E-state index is 13.2. The number of aryl methyl sites for hydroxylation is 3. The molecule has 188 valence electrons. The number of benzene rings is 1. The zero-order valence-electron chi connectivity index (χ0n) is 21.3. The summed E-state index contributed by atoms with van der Waals surface area (Å²) < 4.78 is 3.36. The molecule has 0 saturated heterocycles. The molecule has 3 heterocycles. The van der Waals surface area contributed by atoms with Gasteiger partial charge in [0.25, 0.3) is 5.91 Å². The van der Waals surface area contributed by atoms with E-state index in [4.69, 9.17) is 0 Å². The van der Waals surface area contributed by atoms with Gasteiger partial charge in [0, 0.05) is 42.6 Å². The zero-order valence-corrected chi connectivity index (χ0v) is 21.3. The molecule has 0 bridgehead atoms. The smallest absolute Gasteiger partial charge is 0.280 e. The molecule has 0 atom stereocenters. The van der Waals surface area contributed by atoms with Gasteiger partial charge in [0.15, 0.2) is 0 Å². The third-order valence-corrected chi connectivity index (χ3v) is 6.91. The molecule has 4 aromatic rings. The van der Waals surface area contributed by atoms with Gasteiger partial charge in [0.05, 0.1) is 28.5 Å². The predicted molar refractivity (Wildman–Crippen MR) is 139 cm³/mol. The maximum absolute atomic E-state index is 13.2. The quantitative estimate of drug-likeness (QED) is 0.384. The number of carbonyl (C=O) groups excluding carboxylic acids is 1. The molecule has 0 radical (unpaired) electrons. The highest BCUT2D eigenvalue weighted by Gasteiger charge is 2.30. The number of aromatic nitrogens is 5. The van der Waals surface area contributed by atoms with E-state index in [1.54, 1.807) is 26.1 Å². The summed E-state index contributed by atoms with van der Waals surface area (Å²) in [6, 6.07) is 10.6. The van der Waals surface area contributed by atoms with Crippen LogP contribution in [0.4, 0.5) is 5.69 Å². The van der Waals surface area contributed by atoms with Crippen LogP contribution in [-0.2, 0) is 13.6 Å². The lowest BCUT2D eigenvalue weighted by Crippen LogP contribution is -2.46. The second kappa shape index (κ2) is 9.27. The number of amides is 1.